The number of halogens is 1. The highest BCUT2D eigenvalue weighted by Crippen LogP contribution is 2.23. The van der Waals surface area contributed by atoms with E-state index in [1.54, 1.807) is 0 Å². The van der Waals surface area contributed by atoms with Gasteiger partial charge in [0, 0.05) is 5.56 Å². The minimum Gasteiger partial charge on any atom is -0.319 e. The molecule has 0 saturated heterocycles. The number of benzene rings is 2. The van der Waals surface area contributed by atoms with Gasteiger partial charge in [0.2, 0.25) is 0 Å². The number of aromatic nitrogens is 4. The predicted octanol–water partition coefficient (Wildman–Crippen LogP) is 5.73. The van der Waals surface area contributed by atoms with Gasteiger partial charge in [0.05, 0.1) is 46.0 Å². The van der Waals surface area contributed by atoms with Gasteiger partial charge in [-0.3, -0.25) is 14.2 Å². The smallest absolute Gasteiger partial charge is 0.255 e. The molecule has 7 heteroatoms. The van der Waals surface area contributed by atoms with Crippen molar-refractivity contribution in [3.05, 3.63) is 98.0 Å². The highest BCUT2D eigenvalue weighted by Gasteiger charge is 2.16. The summed E-state index contributed by atoms with van der Waals surface area (Å²) in [4.78, 5) is 13.1. The molecule has 4 aromatic rings. The first-order valence-corrected chi connectivity index (χ1v) is 11.7. The molecule has 0 unspecified atom stereocenters. The van der Waals surface area contributed by atoms with Crippen molar-refractivity contribution in [1.29, 1.82) is 0 Å². The number of nitrogens with one attached hydrogen (secondary N) is 1. The summed E-state index contributed by atoms with van der Waals surface area (Å²) in [5, 5.41) is 12.3. The van der Waals surface area contributed by atoms with E-state index in [1.165, 1.54) is 11.1 Å². The molecule has 33 heavy (non-hydrogen) atoms. The topological polar surface area (TPSA) is 64.7 Å². The Morgan fingerprint density at radius 1 is 0.848 bits per heavy atom. The maximum atomic E-state index is 13.1. The summed E-state index contributed by atoms with van der Waals surface area (Å²) >= 11 is 3.57. The first-order chi connectivity index (χ1) is 15.7. The van der Waals surface area contributed by atoms with E-state index in [1.807, 2.05) is 61.3 Å². The van der Waals surface area contributed by atoms with Gasteiger partial charge in [0.15, 0.2) is 0 Å². The fourth-order valence-electron chi connectivity index (χ4n) is 4.01. The van der Waals surface area contributed by atoms with E-state index in [0.29, 0.717) is 18.7 Å². The van der Waals surface area contributed by atoms with Gasteiger partial charge in [-0.2, -0.15) is 10.2 Å². The average Bonchev–Trinajstić information content (AvgIpc) is 3.18. The van der Waals surface area contributed by atoms with E-state index in [4.69, 9.17) is 0 Å². The maximum absolute atomic E-state index is 13.1. The molecule has 0 aliphatic carbocycles. The molecule has 0 fully saturated rings. The molecule has 0 bridgehead atoms. The zero-order chi connectivity index (χ0) is 23.7. The van der Waals surface area contributed by atoms with Crippen molar-refractivity contribution in [2.75, 3.05) is 5.32 Å². The van der Waals surface area contributed by atoms with Crippen LogP contribution in [0.15, 0.2) is 53.0 Å². The SMILES string of the molecule is Cc1cccc(Cn2nc(C)c(NC(=O)c3cccc(Cn4nc(C)c(Br)c4C)c3)c2C)c1. The van der Waals surface area contributed by atoms with Gasteiger partial charge in [-0.25, -0.2) is 0 Å². The Balaban J connectivity index is 1.52. The molecule has 0 radical (unpaired) electrons. The normalized spacial score (nSPS) is 11.1. The summed E-state index contributed by atoms with van der Waals surface area (Å²) in [7, 11) is 0. The molecule has 6 nitrogen and oxygen atoms in total. The lowest BCUT2D eigenvalue weighted by molar-refractivity contribution is 0.102. The van der Waals surface area contributed by atoms with Crippen LogP contribution in [0.3, 0.4) is 0 Å². The molecule has 0 aliphatic rings. The number of rotatable bonds is 6. The molecule has 170 valence electrons. The van der Waals surface area contributed by atoms with Crippen LogP contribution in [-0.2, 0) is 13.1 Å². The number of aryl methyl sites for hydroxylation is 3. The lowest BCUT2D eigenvalue weighted by atomic mass is 10.1. The third-order valence-corrected chi connectivity index (χ3v) is 7.00. The summed E-state index contributed by atoms with van der Waals surface area (Å²) in [5.74, 6) is -0.146. The summed E-state index contributed by atoms with van der Waals surface area (Å²) in [6.07, 6.45) is 0. The second kappa shape index (κ2) is 9.35. The monoisotopic (exact) mass is 505 g/mol. The van der Waals surface area contributed by atoms with Crippen molar-refractivity contribution in [2.24, 2.45) is 0 Å². The van der Waals surface area contributed by atoms with Gasteiger partial charge in [-0.05, 0) is 73.8 Å². The third-order valence-electron chi connectivity index (χ3n) is 5.85. The fourth-order valence-corrected chi connectivity index (χ4v) is 4.30. The molecule has 2 aromatic heterocycles. The van der Waals surface area contributed by atoms with Gasteiger partial charge >= 0.3 is 0 Å². The van der Waals surface area contributed by atoms with Crippen LogP contribution >= 0.6 is 15.9 Å². The standard InChI is InChI=1S/C26H28BrN5O/c1-16-8-6-9-21(12-16)14-32-20(5)25(18(3)30-32)28-26(33)23-11-7-10-22(13-23)15-31-19(4)24(27)17(2)29-31/h6-13H,14-15H2,1-5H3,(H,28,33). The van der Waals surface area contributed by atoms with E-state index in [0.717, 1.165) is 38.5 Å². The summed E-state index contributed by atoms with van der Waals surface area (Å²) < 4.78 is 4.90. The number of carbonyl (C=O) groups is 1. The molecular weight excluding hydrogens is 478 g/mol. The van der Waals surface area contributed by atoms with Crippen LogP contribution < -0.4 is 5.32 Å². The van der Waals surface area contributed by atoms with E-state index in [2.05, 4.69) is 62.6 Å². The summed E-state index contributed by atoms with van der Waals surface area (Å²) in [6, 6.07) is 16.0. The van der Waals surface area contributed by atoms with Crippen molar-refractivity contribution in [2.45, 2.75) is 47.7 Å². The Labute approximate surface area is 202 Å². The average molecular weight is 506 g/mol. The van der Waals surface area contributed by atoms with Crippen LogP contribution in [0.4, 0.5) is 5.69 Å². The van der Waals surface area contributed by atoms with Crippen LogP contribution in [0.1, 0.15) is 49.8 Å². The number of amides is 1. The van der Waals surface area contributed by atoms with Crippen molar-refractivity contribution in [3.8, 4) is 0 Å². The minimum absolute atomic E-state index is 0.146. The zero-order valence-corrected chi connectivity index (χ0v) is 21.2. The Morgan fingerprint density at radius 2 is 1.45 bits per heavy atom. The maximum Gasteiger partial charge on any atom is 0.255 e. The van der Waals surface area contributed by atoms with Crippen molar-refractivity contribution in [3.63, 3.8) is 0 Å². The van der Waals surface area contributed by atoms with Crippen LogP contribution in [0.25, 0.3) is 0 Å². The van der Waals surface area contributed by atoms with Gasteiger partial charge in [0.1, 0.15) is 0 Å². The Morgan fingerprint density at radius 3 is 2.09 bits per heavy atom. The van der Waals surface area contributed by atoms with Gasteiger partial charge in [-0.15, -0.1) is 0 Å². The number of hydrogen-bond acceptors (Lipinski definition) is 3. The second-order valence-corrected chi connectivity index (χ2v) is 9.28. The lowest BCUT2D eigenvalue weighted by Crippen LogP contribution is -2.14. The molecule has 2 heterocycles. The number of anilines is 1. The van der Waals surface area contributed by atoms with E-state index in [-0.39, 0.29) is 5.91 Å². The number of hydrogen-bond donors (Lipinski definition) is 1. The Hall–Kier alpha value is -3.19. The molecule has 4 rings (SSSR count). The predicted molar refractivity (Wildman–Crippen MR) is 135 cm³/mol. The van der Waals surface area contributed by atoms with Crippen molar-refractivity contribution < 1.29 is 4.79 Å². The van der Waals surface area contributed by atoms with E-state index >= 15 is 0 Å². The third kappa shape index (κ3) is 4.93. The summed E-state index contributed by atoms with van der Waals surface area (Å²) in [5.41, 5.74) is 8.55. The van der Waals surface area contributed by atoms with E-state index < -0.39 is 0 Å². The lowest BCUT2D eigenvalue weighted by Gasteiger charge is -2.10. The molecule has 1 amide bonds. The Bertz CT molecular complexity index is 1330. The molecule has 1 N–H and O–H groups in total. The van der Waals surface area contributed by atoms with Gasteiger partial charge in [-0.1, -0.05) is 42.0 Å². The highest BCUT2D eigenvalue weighted by atomic mass is 79.9. The molecular formula is C26H28BrN5O. The minimum atomic E-state index is -0.146. The van der Waals surface area contributed by atoms with Crippen molar-refractivity contribution >= 4 is 27.5 Å². The molecule has 2 aromatic carbocycles. The summed E-state index contributed by atoms with van der Waals surface area (Å²) in [6.45, 7) is 11.3. The molecule has 0 aliphatic heterocycles. The van der Waals surface area contributed by atoms with Crippen LogP contribution in [-0.4, -0.2) is 25.5 Å². The van der Waals surface area contributed by atoms with Gasteiger partial charge in [0.25, 0.3) is 5.91 Å². The van der Waals surface area contributed by atoms with Crippen LogP contribution in [0, 0.1) is 34.6 Å². The van der Waals surface area contributed by atoms with Gasteiger partial charge < -0.3 is 5.32 Å². The number of carbonyl (C=O) groups excluding carboxylic acids is 1. The van der Waals surface area contributed by atoms with Crippen LogP contribution in [0.5, 0.6) is 0 Å². The second-order valence-electron chi connectivity index (χ2n) is 8.49. The van der Waals surface area contributed by atoms with E-state index in [9.17, 15) is 4.79 Å². The first kappa shape index (κ1) is 23.0. The Kier molecular flexibility index (Phi) is 6.51. The molecule has 0 atom stereocenters. The number of nitrogens with zero attached hydrogens (tertiary/aromatic N) is 4. The highest BCUT2D eigenvalue weighted by molar-refractivity contribution is 9.10. The molecule has 0 saturated carbocycles. The van der Waals surface area contributed by atoms with Crippen molar-refractivity contribution in [1.82, 2.24) is 19.6 Å². The largest absolute Gasteiger partial charge is 0.319 e. The quantitative estimate of drug-likeness (QED) is 0.363. The fraction of sp³-hybridized carbons (Fsp3) is 0.269. The first-order valence-electron chi connectivity index (χ1n) is 10.9. The zero-order valence-electron chi connectivity index (χ0n) is 19.6. The molecule has 0 spiro atoms. The van der Waals surface area contributed by atoms with Crippen LogP contribution in [0.2, 0.25) is 0 Å².